The molecule has 0 saturated carbocycles. The highest BCUT2D eigenvalue weighted by molar-refractivity contribution is 7.98. The van der Waals surface area contributed by atoms with Crippen LogP contribution < -0.4 is 10.9 Å². The number of halogens is 2. The number of benzene rings is 1. The maximum Gasteiger partial charge on any atom is 0.268 e. The minimum atomic E-state index is -0.652. The molecule has 0 fully saturated rings. The SMILES string of the molecule is C[C@H](CO)Nc1nc(SCc2ccc(F)cc2F)nc2[nH]c(=O)cnc12. The molecule has 0 aliphatic rings. The second-order valence-corrected chi connectivity index (χ2v) is 6.49. The predicted molar refractivity (Wildman–Crippen MR) is 94.0 cm³/mol. The van der Waals surface area contributed by atoms with Crippen molar-refractivity contribution in [3.63, 3.8) is 0 Å². The van der Waals surface area contributed by atoms with Crippen molar-refractivity contribution in [2.75, 3.05) is 11.9 Å². The standard InChI is InChI=1S/C16H15F2N5O2S/c1-8(6-24)20-14-13-15(21-12(25)5-19-13)23-16(22-14)26-7-9-2-3-10(17)4-11(9)18/h2-5,8,24H,6-7H2,1H3,(H2,20,21,22,23,25)/t8-/m1/s1. The van der Waals surface area contributed by atoms with Gasteiger partial charge in [0.25, 0.3) is 5.56 Å². The number of nitrogens with zero attached hydrogens (tertiary/aromatic N) is 3. The first-order valence-corrected chi connectivity index (χ1v) is 8.66. The van der Waals surface area contributed by atoms with Crippen molar-refractivity contribution >= 4 is 28.7 Å². The zero-order valence-electron chi connectivity index (χ0n) is 13.7. The Morgan fingerprint density at radius 1 is 1.35 bits per heavy atom. The van der Waals surface area contributed by atoms with Gasteiger partial charge in [-0.1, -0.05) is 17.8 Å². The minimum absolute atomic E-state index is 0.127. The van der Waals surface area contributed by atoms with E-state index >= 15 is 0 Å². The third-order valence-electron chi connectivity index (χ3n) is 3.44. The van der Waals surface area contributed by atoms with Crippen molar-refractivity contribution in [1.82, 2.24) is 19.9 Å². The number of aromatic nitrogens is 4. The van der Waals surface area contributed by atoms with Crippen molar-refractivity contribution in [3.05, 3.63) is 51.9 Å². The first-order valence-electron chi connectivity index (χ1n) is 7.67. The summed E-state index contributed by atoms with van der Waals surface area (Å²) in [5.41, 5.74) is 0.459. The molecule has 0 unspecified atom stereocenters. The molecule has 10 heteroatoms. The summed E-state index contributed by atoms with van der Waals surface area (Å²) in [4.78, 5) is 26.7. The van der Waals surface area contributed by atoms with E-state index in [0.29, 0.717) is 16.9 Å². The first-order chi connectivity index (χ1) is 12.5. The zero-order valence-corrected chi connectivity index (χ0v) is 14.5. The van der Waals surface area contributed by atoms with Gasteiger partial charge in [-0.15, -0.1) is 0 Å². The highest BCUT2D eigenvalue weighted by atomic mass is 32.2. The molecule has 2 aromatic heterocycles. The normalized spacial score (nSPS) is 12.3. The molecule has 0 spiro atoms. The molecule has 0 amide bonds. The summed E-state index contributed by atoms with van der Waals surface area (Å²) < 4.78 is 26.8. The molecule has 3 N–H and O–H groups in total. The summed E-state index contributed by atoms with van der Waals surface area (Å²) in [6, 6.07) is 3.05. The van der Waals surface area contributed by atoms with Crippen molar-refractivity contribution in [1.29, 1.82) is 0 Å². The van der Waals surface area contributed by atoms with Crippen LogP contribution in [0.5, 0.6) is 0 Å². The Balaban J connectivity index is 1.93. The summed E-state index contributed by atoms with van der Waals surface area (Å²) in [5.74, 6) is -0.779. The van der Waals surface area contributed by atoms with E-state index in [9.17, 15) is 18.7 Å². The second kappa shape index (κ2) is 7.75. The van der Waals surface area contributed by atoms with Crippen molar-refractivity contribution in [2.24, 2.45) is 0 Å². The highest BCUT2D eigenvalue weighted by Crippen LogP contribution is 2.25. The van der Waals surface area contributed by atoms with E-state index in [0.717, 1.165) is 24.0 Å². The molecular formula is C16H15F2N5O2S. The van der Waals surface area contributed by atoms with Gasteiger partial charge in [-0.2, -0.15) is 0 Å². The third-order valence-corrected chi connectivity index (χ3v) is 4.34. The van der Waals surface area contributed by atoms with Crippen molar-refractivity contribution in [3.8, 4) is 0 Å². The van der Waals surface area contributed by atoms with Crippen molar-refractivity contribution < 1.29 is 13.9 Å². The van der Waals surface area contributed by atoms with Crippen LogP contribution in [0.3, 0.4) is 0 Å². The molecule has 136 valence electrons. The Morgan fingerprint density at radius 2 is 2.15 bits per heavy atom. The molecule has 3 rings (SSSR count). The second-order valence-electron chi connectivity index (χ2n) is 5.55. The number of aromatic amines is 1. The minimum Gasteiger partial charge on any atom is -0.394 e. The Kier molecular flexibility index (Phi) is 5.43. The number of thioether (sulfide) groups is 1. The monoisotopic (exact) mass is 379 g/mol. The molecule has 7 nitrogen and oxygen atoms in total. The fourth-order valence-corrected chi connectivity index (χ4v) is 2.97. The molecule has 1 aromatic carbocycles. The number of nitrogens with one attached hydrogen (secondary N) is 2. The largest absolute Gasteiger partial charge is 0.394 e. The quantitative estimate of drug-likeness (QED) is 0.445. The van der Waals surface area contributed by atoms with Gasteiger partial charge in [-0.05, 0) is 18.6 Å². The van der Waals surface area contributed by atoms with E-state index in [1.165, 1.54) is 12.1 Å². The molecule has 1 atom stereocenters. The van der Waals surface area contributed by atoms with Crippen LogP contribution in [0, 0.1) is 11.6 Å². The molecule has 0 aliphatic carbocycles. The summed E-state index contributed by atoms with van der Waals surface area (Å²) in [5, 5.41) is 12.5. The summed E-state index contributed by atoms with van der Waals surface area (Å²) in [6.07, 6.45) is 1.11. The Labute approximate surface area is 150 Å². The molecule has 3 aromatic rings. The van der Waals surface area contributed by atoms with Gasteiger partial charge in [0.2, 0.25) is 0 Å². The van der Waals surface area contributed by atoms with Gasteiger partial charge in [0.15, 0.2) is 16.6 Å². The van der Waals surface area contributed by atoms with Gasteiger partial charge in [-0.3, -0.25) is 4.79 Å². The Bertz CT molecular complexity index is 998. The first kappa shape index (κ1) is 18.2. The number of rotatable bonds is 6. The number of hydrogen-bond acceptors (Lipinski definition) is 7. The van der Waals surface area contributed by atoms with E-state index in [2.05, 4.69) is 25.3 Å². The van der Waals surface area contributed by atoms with Crippen LogP contribution in [0.2, 0.25) is 0 Å². The van der Waals surface area contributed by atoms with E-state index in [1.807, 2.05) is 0 Å². The average Bonchev–Trinajstić information content (AvgIpc) is 2.60. The lowest BCUT2D eigenvalue weighted by molar-refractivity contribution is 0.281. The lowest BCUT2D eigenvalue weighted by Crippen LogP contribution is -2.21. The van der Waals surface area contributed by atoms with Crippen molar-refractivity contribution in [2.45, 2.75) is 23.9 Å². The van der Waals surface area contributed by atoms with Crippen LogP contribution in [0.15, 0.2) is 34.3 Å². The Morgan fingerprint density at radius 3 is 2.88 bits per heavy atom. The van der Waals surface area contributed by atoms with Gasteiger partial charge >= 0.3 is 0 Å². The van der Waals surface area contributed by atoms with Crippen LogP contribution in [0.1, 0.15) is 12.5 Å². The maximum absolute atomic E-state index is 13.8. The number of hydrogen-bond donors (Lipinski definition) is 3. The molecule has 0 saturated heterocycles. The van der Waals surface area contributed by atoms with Gasteiger partial charge in [0.05, 0.1) is 12.8 Å². The molecular weight excluding hydrogens is 364 g/mol. The number of H-pyrrole nitrogens is 1. The van der Waals surface area contributed by atoms with E-state index in [4.69, 9.17) is 0 Å². The number of aliphatic hydroxyl groups excluding tert-OH is 1. The zero-order chi connectivity index (χ0) is 18.7. The summed E-state index contributed by atoms with van der Waals surface area (Å²) in [7, 11) is 0. The number of anilines is 1. The number of fused-ring (bicyclic) bond motifs is 1. The summed E-state index contributed by atoms with van der Waals surface area (Å²) >= 11 is 1.13. The topological polar surface area (TPSA) is 104 Å². The maximum atomic E-state index is 13.8. The lowest BCUT2D eigenvalue weighted by Gasteiger charge is -2.13. The van der Waals surface area contributed by atoms with Crippen LogP contribution in [0.4, 0.5) is 14.6 Å². The molecule has 2 heterocycles. The van der Waals surface area contributed by atoms with Gasteiger partial charge in [-0.25, -0.2) is 23.7 Å². The van der Waals surface area contributed by atoms with Gasteiger partial charge in [0, 0.05) is 17.9 Å². The molecule has 26 heavy (non-hydrogen) atoms. The lowest BCUT2D eigenvalue weighted by atomic mass is 10.2. The van der Waals surface area contributed by atoms with E-state index in [1.54, 1.807) is 6.92 Å². The van der Waals surface area contributed by atoms with Gasteiger partial charge < -0.3 is 15.4 Å². The van der Waals surface area contributed by atoms with Crippen LogP contribution >= 0.6 is 11.8 Å². The predicted octanol–water partition coefficient (Wildman–Crippen LogP) is 2.08. The molecule has 0 aliphatic heterocycles. The van der Waals surface area contributed by atoms with E-state index in [-0.39, 0.29) is 29.2 Å². The number of aliphatic hydroxyl groups is 1. The van der Waals surface area contributed by atoms with Crippen LogP contribution in [-0.4, -0.2) is 37.7 Å². The molecule has 0 radical (unpaired) electrons. The summed E-state index contributed by atoms with van der Waals surface area (Å²) in [6.45, 7) is 1.62. The van der Waals surface area contributed by atoms with Crippen LogP contribution in [-0.2, 0) is 5.75 Å². The highest BCUT2D eigenvalue weighted by Gasteiger charge is 2.13. The van der Waals surface area contributed by atoms with E-state index < -0.39 is 17.2 Å². The fourth-order valence-electron chi connectivity index (χ4n) is 2.14. The average molecular weight is 379 g/mol. The Hall–Kier alpha value is -2.59. The fraction of sp³-hybridized carbons (Fsp3) is 0.250. The van der Waals surface area contributed by atoms with Gasteiger partial charge in [0.1, 0.15) is 17.2 Å². The smallest absolute Gasteiger partial charge is 0.268 e. The van der Waals surface area contributed by atoms with Crippen LogP contribution in [0.25, 0.3) is 11.2 Å². The molecule has 0 bridgehead atoms. The third kappa shape index (κ3) is 4.14.